The Bertz CT molecular complexity index is 569. The summed E-state index contributed by atoms with van der Waals surface area (Å²) in [5, 5.41) is 3.05. The lowest BCUT2D eigenvalue weighted by Gasteiger charge is -2.34. The fourth-order valence-electron chi connectivity index (χ4n) is 2.65. The van der Waals surface area contributed by atoms with E-state index in [4.69, 9.17) is 16.3 Å². The molecule has 5 nitrogen and oxygen atoms in total. The molecule has 1 saturated heterocycles. The van der Waals surface area contributed by atoms with Crippen LogP contribution in [0.25, 0.3) is 0 Å². The Balaban J connectivity index is 1.69. The van der Waals surface area contributed by atoms with Crippen molar-refractivity contribution in [1.29, 1.82) is 0 Å². The molecule has 1 aliphatic rings. The molecule has 0 bridgehead atoms. The van der Waals surface area contributed by atoms with Crippen LogP contribution in [0.15, 0.2) is 30.3 Å². The van der Waals surface area contributed by atoms with Crippen molar-refractivity contribution in [3.05, 3.63) is 30.3 Å². The molecule has 1 N–H and O–H groups in total. The molecule has 0 radical (unpaired) electrons. The summed E-state index contributed by atoms with van der Waals surface area (Å²) in [6, 6.07) is 9.60. The van der Waals surface area contributed by atoms with Gasteiger partial charge in [-0.15, -0.1) is 11.6 Å². The van der Waals surface area contributed by atoms with Crippen LogP contribution < -0.4 is 10.1 Å². The number of halogens is 1. The average molecular weight is 367 g/mol. The Labute approximate surface area is 154 Å². The molecule has 1 aliphatic heterocycles. The van der Waals surface area contributed by atoms with Crippen LogP contribution in [0.1, 0.15) is 33.1 Å². The second-order valence-corrected chi connectivity index (χ2v) is 7.32. The van der Waals surface area contributed by atoms with Crippen molar-refractivity contribution in [3.63, 3.8) is 0 Å². The van der Waals surface area contributed by atoms with Gasteiger partial charge in [-0.1, -0.05) is 18.2 Å². The molecule has 0 unspecified atom stereocenters. The number of rotatable bonds is 7. The van der Waals surface area contributed by atoms with E-state index in [1.54, 1.807) is 0 Å². The van der Waals surface area contributed by atoms with Gasteiger partial charge < -0.3 is 15.0 Å². The molecule has 1 aromatic carbocycles. The van der Waals surface area contributed by atoms with Crippen molar-refractivity contribution >= 4 is 23.4 Å². The second kappa shape index (κ2) is 9.09. The molecule has 6 heteroatoms. The van der Waals surface area contributed by atoms with Gasteiger partial charge in [0.15, 0.2) is 0 Å². The minimum absolute atomic E-state index is 0.0245. The smallest absolute Gasteiger partial charge is 0.227 e. The molecule has 25 heavy (non-hydrogen) atoms. The quantitative estimate of drug-likeness (QED) is 0.755. The van der Waals surface area contributed by atoms with Gasteiger partial charge in [0.25, 0.3) is 0 Å². The first kappa shape index (κ1) is 19.6. The van der Waals surface area contributed by atoms with E-state index >= 15 is 0 Å². The van der Waals surface area contributed by atoms with E-state index in [2.05, 4.69) is 5.32 Å². The number of hydrogen-bond donors (Lipinski definition) is 1. The maximum Gasteiger partial charge on any atom is 0.227 e. The number of nitrogens with one attached hydrogen (secondary N) is 1. The summed E-state index contributed by atoms with van der Waals surface area (Å²) < 4.78 is 5.57. The first-order valence-electron chi connectivity index (χ1n) is 8.75. The first-order valence-corrected chi connectivity index (χ1v) is 9.28. The summed E-state index contributed by atoms with van der Waals surface area (Å²) in [5.41, 5.74) is -0.566. The zero-order valence-corrected chi connectivity index (χ0v) is 15.7. The van der Waals surface area contributed by atoms with E-state index in [0.717, 1.165) is 18.6 Å². The van der Waals surface area contributed by atoms with E-state index in [0.29, 0.717) is 26.1 Å². The Kier molecular flexibility index (Phi) is 7.12. The van der Waals surface area contributed by atoms with E-state index in [1.165, 1.54) is 0 Å². The minimum atomic E-state index is -0.566. The van der Waals surface area contributed by atoms with Gasteiger partial charge in [0.05, 0.1) is 18.4 Å². The average Bonchev–Trinajstić information content (AvgIpc) is 2.63. The van der Waals surface area contributed by atoms with E-state index in [-0.39, 0.29) is 23.7 Å². The van der Waals surface area contributed by atoms with Gasteiger partial charge in [-0.3, -0.25) is 9.59 Å². The lowest BCUT2D eigenvalue weighted by atomic mass is 9.93. The molecule has 0 aromatic heterocycles. The largest absolute Gasteiger partial charge is 0.493 e. The number of para-hydroxylation sites is 1. The number of nitrogens with zero attached hydrogens (tertiary/aromatic N) is 1. The third-order valence-corrected chi connectivity index (χ3v) is 5.13. The molecular weight excluding hydrogens is 340 g/mol. The summed E-state index contributed by atoms with van der Waals surface area (Å²) in [7, 11) is 0. The van der Waals surface area contributed by atoms with Crippen molar-refractivity contribution in [2.24, 2.45) is 5.41 Å². The number of amides is 2. The van der Waals surface area contributed by atoms with Gasteiger partial charge in [0.2, 0.25) is 11.8 Å². The van der Waals surface area contributed by atoms with Crippen LogP contribution in [0, 0.1) is 5.41 Å². The number of benzene rings is 1. The van der Waals surface area contributed by atoms with Crippen LogP contribution in [-0.4, -0.2) is 48.3 Å². The van der Waals surface area contributed by atoms with Crippen molar-refractivity contribution in [1.82, 2.24) is 10.2 Å². The van der Waals surface area contributed by atoms with Gasteiger partial charge in [-0.25, -0.2) is 0 Å². The zero-order valence-electron chi connectivity index (χ0n) is 15.0. The Morgan fingerprint density at radius 2 is 1.88 bits per heavy atom. The maximum atomic E-state index is 12.3. The normalized spacial score (nSPS) is 15.7. The van der Waals surface area contributed by atoms with Crippen LogP contribution in [0.2, 0.25) is 0 Å². The molecule has 1 fully saturated rings. The topological polar surface area (TPSA) is 58.6 Å². The first-order chi connectivity index (χ1) is 11.9. The van der Waals surface area contributed by atoms with E-state index in [9.17, 15) is 9.59 Å². The highest BCUT2D eigenvalue weighted by Gasteiger charge is 2.30. The van der Waals surface area contributed by atoms with E-state index < -0.39 is 5.41 Å². The molecule has 2 rings (SSSR count). The van der Waals surface area contributed by atoms with Gasteiger partial charge in [0, 0.05) is 25.0 Å². The molecule has 2 amide bonds. The Hall–Kier alpha value is -1.75. The highest BCUT2D eigenvalue weighted by Crippen LogP contribution is 2.19. The van der Waals surface area contributed by atoms with Crippen molar-refractivity contribution in [3.8, 4) is 5.75 Å². The predicted octanol–water partition coefficient (Wildman–Crippen LogP) is 2.83. The second-order valence-electron chi connectivity index (χ2n) is 7.06. The van der Waals surface area contributed by atoms with Crippen molar-refractivity contribution in [2.45, 2.75) is 39.2 Å². The molecule has 0 saturated carbocycles. The van der Waals surface area contributed by atoms with Crippen LogP contribution in [0.3, 0.4) is 0 Å². The monoisotopic (exact) mass is 366 g/mol. The molecular formula is C19H27ClN2O3. The molecule has 1 aromatic rings. The van der Waals surface area contributed by atoms with E-state index in [1.807, 2.05) is 49.1 Å². The third-order valence-electron chi connectivity index (χ3n) is 4.46. The lowest BCUT2D eigenvalue weighted by molar-refractivity contribution is -0.133. The zero-order chi connectivity index (χ0) is 18.3. The SMILES string of the molecule is CC(C)(CCl)C(=O)NC1CCN(C(=O)CCOc2ccccc2)CC1. The summed E-state index contributed by atoms with van der Waals surface area (Å²) in [6.07, 6.45) is 1.91. The van der Waals surface area contributed by atoms with Gasteiger partial charge in [-0.2, -0.15) is 0 Å². The number of carbonyl (C=O) groups excluding carboxylic acids is 2. The summed E-state index contributed by atoms with van der Waals surface area (Å²) >= 11 is 5.84. The van der Waals surface area contributed by atoms with Crippen LogP contribution in [-0.2, 0) is 9.59 Å². The number of hydrogen-bond acceptors (Lipinski definition) is 3. The van der Waals surface area contributed by atoms with Crippen LogP contribution in [0.4, 0.5) is 0 Å². The molecule has 138 valence electrons. The standard InChI is InChI=1S/C19H27ClN2O3/c1-19(2,14-20)18(24)21-15-8-11-22(12-9-15)17(23)10-13-25-16-6-4-3-5-7-16/h3-7,15H,8-14H2,1-2H3,(H,21,24). The molecule has 0 spiro atoms. The number of likely N-dealkylation sites (tertiary alicyclic amines) is 1. The fourth-order valence-corrected chi connectivity index (χ4v) is 2.77. The Morgan fingerprint density at radius 3 is 2.48 bits per heavy atom. The Morgan fingerprint density at radius 1 is 1.24 bits per heavy atom. The van der Waals surface area contributed by atoms with Gasteiger partial charge in [0.1, 0.15) is 5.75 Å². The molecule has 1 heterocycles. The maximum absolute atomic E-state index is 12.3. The number of ether oxygens (including phenoxy) is 1. The summed E-state index contributed by atoms with van der Waals surface area (Å²) in [6.45, 7) is 5.37. The number of piperidine rings is 1. The van der Waals surface area contributed by atoms with Crippen LogP contribution in [0.5, 0.6) is 5.75 Å². The summed E-state index contributed by atoms with van der Waals surface area (Å²) in [4.78, 5) is 26.3. The number of alkyl halides is 1. The van der Waals surface area contributed by atoms with Gasteiger partial charge in [-0.05, 0) is 38.8 Å². The number of carbonyl (C=O) groups is 2. The van der Waals surface area contributed by atoms with Crippen molar-refractivity contribution < 1.29 is 14.3 Å². The van der Waals surface area contributed by atoms with Gasteiger partial charge >= 0.3 is 0 Å². The highest BCUT2D eigenvalue weighted by molar-refractivity contribution is 6.19. The predicted molar refractivity (Wildman–Crippen MR) is 98.8 cm³/mol. The molecule has 0 aliphatic carbocycles. The minimum Gasteiger partial charge on any atom is -0.493 e. The lowest BCUT2D eigenvalue weighted by Crippen LogP contribution is -2.50. The fraction of sp³-hybridized carbons (Fsp3) is 0.579. The molecule has 0 atom stereocenters. The summed E-state index contributed by atoms with van der Waals surface area (Å²) in [5.74, 6) is 1.14. The third kappa shape index (κ3) is 5.92. The van der Waals surface area contributed by atoms with Crippen LogP contribution >= 0.6 is 11.6 Å². The van der Waals surface area contributed by atoms with Crippen molar-refractivity contribution in [2.75, 3.05) is 25.6 Å². The highest BCUT2D eigenvalue weighted by atomic mass is 35.5.